The zero-order chi connectivity index (χ0) is 17.8. The van der Waals surface area contributed by atoms with E-state index in [2.05, 4.69) is 20.8 Å². The number of esters is 1. The monoisotopic (exact) mass is 381 g/mol. The van der Waals surface area contributed by atoms with E-state index < -0.39 is 0 Å². The van der Waals surface area contributed by atoms with E-state index in [9.17, 15) is 9.59 Å². The van der Waals surface area contributed by atoms with Gasteiger partial charge in [0.2, 0.25) is 11.1 Å². The molecule has 3 rings (SSSR count). The van der Waals surface area contributed by atoms with Gasteiger partial charge in [-0.1, -0.05) is 11.8 Å². The molecule has 8 nitrogen and oxygen atoms in total. The first-order valence-electron chi connectivity index (χ1n) is 8.06. The van der Waals surface area contributed by atoms with Gasteiger partial charge < -0.3 is 10.1 Å². The standard InChI is InChI=1S/C15H19N5O3S2/c1-3-23-14(22)12-9-6-4-5-7-10(9)25-13(12)16-11(21)8-24-15-17-18-19-20(15)2/h3-8H2,1-2H3,(H,16,21). The van der Waals surface area contributed by atoms with E-state index in [-0.39, 0.29) is 17.6 Å². The van der Waals surface area contributed by atoms with E-state index in [4.69, 9.17) is 4.74 Å². The lowest BCUT2D eigenvalue weighted by molar-refractivity contribution is -0.113. The molecule has 2 heterocycles. The van der Waals surface area contributed by atoms with Crippen molar-refractivity contribution in [2.24, 2.45) is 7.05 Å². The number of carbonyl (C=O) groups is 2. The van der Waals surface area contributed by atoms with Crippen LogP contribution in [0.2, 0.25) is 0 Å². The molecule has 0 aliphatic heterocycles. The number of anilines is 1. The Labute approximate surface area is 153 Å². The molecule has 2 aromatic heterocycles. The first-order valence-corrected chi connectivity index (χ1v) is 9.87. The number of carbonyl (C=O) groups excluding carboxylic acids is 2. The first-order chi connectivity index (χ1) is 12.1. The SMILES string of the molecule is CCOC(=O)c1c(NC(=O)CSc2nnnn2C)sc2c1CCCC2. The third-order valence-corrected chi connectivity index (χ3v) is 6.04. The lowest BCUT2D eigenvalue weighted by Gasteiger charge is -2.12. The number of rotatable bonds is 6. The Kier molecular flexibility index (Phi) is 5.69. The maximum Gasteiger partial charge on any atom is 0.341 e. The molecule has 0 unspecified atom stereocenters. The Morgan fingerprint density at radius 2 is 2.16 bits per heavy atom. The second-order valence-electron chi connectivity index (χ2n) is 5.56. The fourth-order valence-electron chi connectivity index (χ4n) is 2.71. The molecule has 1 amide bonds. The molecule has 1 N–H and O–H groups in total. The number of tetrazole rings is 1. The minimum atomic E-state index is -0.359. The maximum absolute atomic E-state index is 12.4. The van der Waals surface area contributed by atoms with Gasteiger partial charge in [-0.3, -0.25) is 4.79 Å². The number of hydrogen-bond donors (Lipinski definition) is 1. The van der Waals surface area contributed by atoms with Crippen LogP contribution in [0.4, 0.5) is 5.00 Å². The highest BCUT2D eigenvalue weighted by Gasteiger charge is 2.27. The van der Waals surface area contributed by atoms with Gasteiger partial charge in [0.05, 0.1) is 17.9 Å². The molecule has 0 bridgehead atoms. The van der Waals surface area contributed by atoms with Crippen molar-refractivity contribution < 1.29 is 14.3 Å². The Bertz CT molecular complexity index is 786. The topological polar surface area (TPSA) is 99.0 Å². The van der Waals surface area contributed by atoms with Crippen molar-refractivity contribution in [3.8, 4) is 0 Å². The maximum atomic E-state index is 12.4. The number of ether oxygens (including phenoxy) is 1. The van der Waals surface area contributed by atoms with E-state index >= 15 is 0 Å². The van der Waals surface area contributed by atoms with Crippen LogP contribution < -0.4 is 5.32 Å². The summed E-state index contributed by atoms with van der Waals surface area (Å²) in [7, 11) is 1.71. The molecular weight excluding hydrogens is 362 g/mol. The van der Waals surface area contributed by atoms with Crippen LogP contribution in [0.3, 0.4) is 0 Å². The highest BCUT2D eigenvalue weighted by molar-refractivity contribution is 7.99. The molecule has 0 saturated carbocycles. The Morgan fingerprint density at radius 1 is 1.36 bits per heavy atom. The number of nitrogens with zero attached hydrogens (tertiary/aromatic N) is 4. The molecule has 0 fully saturated rings. The van der Waals surface area contributed by atoms with Gasteiger partial charge in [-0.05, 0) is 48.6 Å². The quantitative estimate of drug-likeness (QED) is 0.604. The summed E-state index contributed by atoms with van der Waals surface area (Å²) in [4.78, 5) is 25.9. The minimum absolute atomic E-state index is 0.166. The fraction of sp³-hybridized carbons (Fsp3) is 0.533. The molecular formula is C15H19N5O3S2. The lowest BCUT2D eigenvalue weighted by Crippen LogP contribution is -2.17. The number of aryl methyl sites for hydroxylation is 2. The third-order valence-electron chi connectivity index (χ3n) is 3.82. The van der Waals surface area contributed by atoms with Crippen molar-refractivity contribution in [1.29, 1.82) is 0 Å². The van der Waals surface area contributed by atoms with Crippen molar-refractivity contribution >= 4 is 40.0 Å². The van der Waals surface area contributed by atoms with E-state index in [1.54, 1.807) is 14.0 Å². The third kappa shape index (κ3) is 4.01. The molecule has 1 aliphatic carbocycles. The molecule has 10 heteroatoms. The average Bonchev–Trinajstić information content (AvgIpc) is 3.16. The highest BCUT2D eigenvalue weighted by atomic mass is 32.2. The summed E-state index contributed by atoms with van der Waals surface area (Å²) in [5.74, 6) is -0.390. The second kappa shape index (κ2) is 7.96. The Hall–Kier alpha value is -1.94. The zero-order valence-corrected chi connectivity index (χ0v) is 15.7. The van der Waals surface area contributed by atoms with Crippen LogP contribution in [0.25, 0.3) is 0 Å². The van der Waals surface area contributed by atoms with Crippen LogP contribution in [0.5, 0.6) is 0 Å². The van der Waals surface area contributed by atoms with Gasteiger partial charge >= 0.3 is 5.97 Å². The van der Waals surface area contributed by atoms with Gasteiger partial charge in [-0.15, -0.1) is 16.4 Å². The number of nitrogens with one attached hydrogen (secondary N) is 1. The summed E-state index contributed by atoms with van der Waals surface area (Å²) in [6, 6.07) is 0. The van der Waals surface area contributed by atoms with E-state index in [0.717, 1.165) is 31.2 Å². The molecule has 0 radical (unpaired) electrons. The highest BCUT2D eigenvalue weighted by Crippen LogP contribution is 2.38. The zero-order valence-electron chi connectivity index (χ0n) is 14.1. The van der Waals surface area contributed by atoms with Crippen LogP contribution in [-0.2, 0) is 29.4 Å². The van der Waals surface area contributed by atoms with Gasteiger partial charge in [0.25, 0.3) is 0 Å². The average molecular weight is 381 g/mol. The summed E-state index contributed by atoms with van der Waals surface area (Å²) < 4.78 is 6.70. The van der Waals surface area contributed by atoms with Crippen molar-refractivity contribution in [3.63, 3.8) is 0 Å². The molecule has 0 aromatic carbocycles. The summed E-state index contributed by atoms with van der Waals surface area (Å²) in [6.07, 6.45) is 3.97. The van der Waals surface area contributed by atoms with Crippen molar-refractivity contribution in [2.45, 2.75) is 37.8 Å². The van der Waals surface area contributed by atoms with Crippen LogP contribution in [-0.4, -0.2) is 44.4 Å². The molecule has 134 valence electrons. The summed E-state index contributed by atoms with van der Waals surface area (Å²) in [5, 5.41) is 15.1. The van der Waals surface area contributed by atoms with Crippen LogP contribution in [0, 0.1) is 0 Å². The van der Waals surface area contributed by atoms with Crippen molar-refractivity contribution in [3.05, 3.63) is 16.0 Å². The van der Waals surface area contributed by atoms with Gasteiger partial charge in [0.1, 0.15) is 5.00 Å². The molecule has 2 aromatic rings. The van der Waals surface area contributed by atoms with Crippen molar-refractivity contribution in [2.75, 3.05) is 17.7 Å². The molecule has 1 aliphatic rings. The van der Waals surface area contributed by atoms with Crippen LogP contribution in [0.1, 0.15) is 40.6 Å². The van der Waals surface area contributed by atoms with Crippen molar-refractivity contribution in [1.82, 2.24) is 20.2 Å². The second-order valence-corrected chi connectivity index (χ2v) is 7.61. The molecule has 0 spiro atoms. The number of thioether (sulfide) groups is 1. The van der Waals surface area contributed by atoms with Crippen LogP contribution in [0.15, 0.2) is 5.16 Å². The number of hydrogen-bond acceptors (Lipinski definition) is 8. The minimum Gasteiger partial charge on any atom is -0.462 e. The van der Waals surface area contributed by atoms with Crippen LogP contribution >= 0.6 is 23.1 Å². The predicted octanol–water partition coefficient (Wildman–Crippen LogP) is 2.06. The number of fused-ring (bicyclic) bond motifs is 1. The number of aromatic nitrogens is 4. The van der Waals surface area contributed by atoms with Gasteiger partial charge in [0.15, 0.2) is 0 Å². The summed E-state index contributed by atoms with van der Waals surface area (Å²) in [6.45, 7) is 2.09. The normalized spacial score (nSPS) is 13.4. The summed E-state index contributed by atoms with van der Waals surface area (Å²) >= 11 is 2.73. The van der Waals surface area contributed by atoms with Gasteiger partial charge in [-0.25, -0.2) is 9.48 Å². The first kappa shape index (κ1) is 17.9. The summed E-state index contributed by atoms with van der Waals surface area (Å²) in [5.41, 5.74) is 1.57. The smallest absolute Gasteiger partial charge is 0.341 e. The molecule has 25 heavy (non-hydrogen) atoms. The number of thiophene rings is 1. The largest absolute Gasteiger partial charge is 0.462 e. The Balaban J connectivity index is 1.74. The molecule has 0 atom stereocenters. The predicted molar refractivity (Wildman–Crippen MR) is 95.1 cm³/mol. The Morgan fingerprint density at radius 3 is 2.88 bits per heavy atom. The van der Waals surface area contributed by atoms with Gasteiger partial charge in [-0.2, -0.15) is 0 Å². The van der Waals surface area contributed by atoms with E-state index in [1.165, 1.54) is 32.7 Å². The fourth-order valence-corrected chi connectivity index (χ4v) is 4.65. The van der Waals surface area contributed by atoms with Gasteiger partial charge in [0, 0.05) is 11.9 Å². The molecule has 0 saturated heterocycles. The van der Waals surface area contributed by atoms with E-state index in [1.807, 2.05) is 0 Å². The van der Waals surface area contributed by atoms with E-state index in [0.29, 0.717) is 22.3 Å². The number of amides is 1. The lowest BCUT2D eigenvalue weighted by atomic mass is 9.95.